The molecule has 144 valence electrons. The van der Waals surface area contributed by atoms with Crippen molar-refractivity contribution < 1.29 is 4.74 Å². The minimum absolute atomic E-state index is 0.422. The Hall–Kier alpha value is -1.52. The summed E-state index contributed by atoms with van der Waals surface area (Å²) in [5, 5.41) is 4.99. The summed E-state index contributed by atoms with van der Waals surface area (Å²) >= 11 is 3.57. The van der Waals surface area contributed by atoms with Gasteiger partial charge in [-0.2, -0.15) is 0 Å². The Morgan fingerprint density at radius 2 is 2.15 bits per heavy atom. The number of ether oxygens (including phenoxy) is 1. The van der Waals surface area contributed by atoms with Gasteiger partial charge in [0, 0.05) is 33.9 Å². The predicted molar refractivity (Wildman–Crippen MR) is 118 cm³/mol. The maximum atomic E-state index is 4.57. The van der Waals surface area contributed by atoms with E-state index in [0.717, 1.165) is 4.47 Å². The SMILES string of the molecule is C/C=C(\C)NC1CCCc2c1[nH]c1ccc(Br)cc21.C=CCOC.CC. The van der Waals surface area contributed by atoms with Gasteiger partial charge < -0.3 is 15.0 Å². The summed E-state index contributed by atoms with van der Waals surface area (Å²) in [5.41, 5.74) is 5.36. The number of aromatic nitrogens is 1. The summed E-state index contributed by atoms with van der Waals surface area (Å²) in [6.07, 6.45) is 7.47. The van der Waals surface area contributed by atoms with E-state index >= 15 is 0 Å². The second kappa shape index (κ2) is 12.0. The van der Waals surface area contributed by atoms with E-state index in [9.17, 15) is 0 Å². The van der Waals surface area contributed by atoms with E-state index < -0.39 is 0 Å². The molecule has 2 aromatic rings. The molecule has 3 rings (SSSR count). The fourth-order valence-corrected chi connectivity index (χ4v) is 3.42. The smallest absolute Gasteiger partial charge is 0.0663 e. The summed E-state index contributed by atoms with van der Waals surface area (Å²) in [6.45, 7) is 12.3. The van der Waals surface area contributed by atoms with E-state index in [0.29, 0.717) is 12.6 Å². The highest BCUT2D eigenvalue weighted by atomic mass is 79.9. The third kappa shape index (κ3) is 6.03. The first-order chi connectivity index (χ1) is 12.6. The standard InChI is InChI=1S/C16H19BrN2.C4H8O.C2H6/c1-3-10(2)18-15-6-4-5-12-13-9-11(17)7-8-14(13)19-16(12)15;1-3-4-5-2;1-2/h3,7-9,15,18-19H,4-6H2,1-2H3;3H,1,4H2,2H3;1-2H3/b10-3+;;. The lowest BCUT2D eigenvalue weighted by Crippen LogP contribution is -2.23. The van der Waals surface area contributed by atoms with Crippen LogP contribution in [0.2, 0.25) is 0 Å². The van der Waals surface area contributed by atoms with Crippen molar-refractivity contribution in [2.24, 2.45) is 0 Å². The normalized spacial score (nSPS) is 15.9. The van der Waals surface area contributed by atoms with Gasteiger partial charge in [-0.1, -0.05) is 41.9 Å². The number of fused-ring (bicyclic) bond motifs is 3. The van der Waals surface area contributed by atoms with Gasteiger partial charge >= 0.3 is 0 Å². The first-order valence-corrected chi connectivity index (χ1v) is 10.2. The van der Waals surface area contributed by atoms with E-state index in [4.69, 9.17) is 0 Å². The molecule has 1 aromatic carbocycles. The van der Waals surface area contributed by atoms with Crippen LogP contribution in [0.3, 0.4) is 0 Å². The van der Waals surface area contributed by atoms with Gasteiger partial charge in [-0.05, 0) is 56.9 Å². The van der Waals surface area contributed by atoms with Crippen LogP contribution in [-0.2, 0) is 11.2 Å². The quantitative estimate of drug-likeness (QED) is 0.541. The zero-order valence-electron chi connectivity index (χ0n) is 16.8. The van der Waals surface area contributed by atoms with E-state index in [1.807, 2.05) is 13.8 Å². The van der Waals surface area contributed by atoms with Gasteiger partial charge in [0.2, 0.25) is 0 Å². The maximum absolute atomic E-state index is 4.57. The summed E-state index contributed by atoms with van der Waals surface area (Å²) in [4.78, 5) is 3.61. The lowest BCUT2D eigenvalue weighted by atomic mass is 9.91. The van der Waals surface area contributed by atoms with Gasteiger partial charge in [-0.3, -0.25) is 0 Å². The minimum atomic E-state index is 0.422. The number of hydrogen-bond donors (Lipinski definition) is 2. The molecule has 1 heterocycles. The number of aromatic amines is 1. The van der Waals surface area contributed by atoms with Crippen LogP contribution in [0, 0.1) is 0 Å². The molecule has 1 aromatic heterocycles. The van der Waals surface area contributed by atoms with E-state index in [2.05, 4.69) is 75.7 Å². The van der Waals surface area contributed by atoms with Gasteiger partial charge in [0.15, 0.2) is 0 Å². The van der Waals surface area contributed by atoms with Crippen LogP contribution >= 0.6 is 15.9 Å². The number of nitrogens with one attached hydrogen (secondary N) is 2. The lowest BCUT2D eigenvalue weighted by molar-refractivity contribution is 0.234. The minimum Gasteiger partial charge on any atom is -0.381 e. The number of H-pyrrole nitrogens is 1. The van der Waals surface area contributed by atoms with Crippen LogP contribution < -0.4 is 5.32 Å². The van der Waals surface area contributed by atoms with Crippen molar-refractivity contribution >= 4 is 26.8 Å². The van der Waals surface area contributed by atoms with Crippen molar-refractivity contribution in [3.8, 4) is 0 Å². The number of methoxy groups -OCH3 is 1. The van der Waals surface area contributed by atoms with Crippen LogP contribution in [0.15, 0.2) is 47.1 Å². The van der Waals surface area contributed by atoms with Crippen molar-refractivity contribution in [1.82, 2.24) is 10.3 Å². The maximum Gasteiger partial charge on any atom is 0.0663 e. The molecule has 1 aliphatic carbocycles. The largest absolute Gasteiger partial charge is 0.381 e. The zero-order chi connectivity index (χ0) is 19.5. The highest BCUT2D eigenvalue weighted by molar-refractivity contribution is 9.10. The Morgan fingerprint density at radius 3 is 2.73 bits per heavy atom. The molecule has 1 aliphatic rings. The van der Waals surface area contributed by atoms with Gasteiger partial charge in [-0.15, -0.1) is 6.58 Å². The summed E-state index contributed by atoms with van der Waals surface area (Å²) in [6, 6.07) is 6.92. The van der Waals surface area contributed by atoms with Crippen molar-refractivity contribution in [2.45, 2.75) is 53.0 Å². The molecule has 0 amide bonds. The molecule has 1 unspecified atom stereocenters. The molecule has 0 saturated heterocycles. The second-order valence-corrected chi connectivity index (χ2v) is 6.93. The Balaban J connectivity index is 0.000000420. The number of allylic oxidation sites excluding steroid dienone is 2. The van der Waals surface area contributed by atoms with Crippen LogP contribution in [-0.4, -0.2) is 18.7 Å². The molecular weight excluding hydrogens is 388 g/mol. The average molecular weight is 421 g/mol. The molecule has 0 aliphatic heterocycles. The molecule has 0 fully saturated rings. The highest BCUT2D eigenvalue weighted by Crippen LogP contribution is 2.36. The Kier molecular flexibility index (Phi) is 10.4. The van der Waals surface area contributed by atoms with Crippen molar-refractivity contribution in [3.63, 3.8) is 0 Å². The molecular formula is C22H33BrN2O. The molecule has 3 nitrogen and oxygen atoms in total. The Morgan fingerprint density at radius 1 is 1.42 bits per heavy atom. The molecule has 2 N–H and O–H groups in total. The van der Waals surface area contributed by atoms with Crippen molar-refractivity contribution in [2.75, 3.05) is 13.7 Å². The highest BCUT2D eigenvalue weighted by Gasteiger charge is 2.24. The predicted octanol–water partition coefficient (Wildman–Crippen LogP) is 6.67. The third-order valence-electron chi connectivity index (χ3n) is 4.29. The van der Waals surface area contributed by atoms with Gasteiger partial charge in [0.1, 0.15) is 0 Å². The molecule has 0 saturated carbocycles. The van der Waals surface area contributed by atoms with Crippen molar-refractivity contribution in [1.29, 1.82) is 0 Å². The van der Waals surface area contributed by atoms with E-state index in [1.54, 1.807) is 13.2 Å². The fraction of sp³-hybridized carbons (Fsp3) is 0.455. The lowest BCUT2D eigenvalue weighted by Gasteiger charge is -2.25. The first kappa shape index (κ1) is 22.5. The van der Waals surface area contributed by atoms with Crippen LogP contribution in [0.5, 0.6) is 0 Å². The summed E-state index contributed by atoms with van der Waals surface area (Å²) in [5.74, 6) is 0. The molecule has 0 bridgehead atoms. The Bertz CT molecular complexity index is 718. The number of benzene rings is 1. The number of hydrogen-bond acceptors (Lipinski definition) is 2. The molecule has 0 radical (unpaired) electrons. The van der Waals surface area contributed by atoms with Crippen LogP contribution in [0.4, 0.5) is 0 Å². The summed E-state index contributed by atoms with van der Waals surface area (Å²) < 4.78 is 5.73. The second-order valence-electron chi connectivity index (χ2n) is 6.01. The third-order valence-corrected chi connectivity index (χ3v) is 4.78. The monoisotopic (exact) mass is 420 g/mol. The number of halogens is 1. The molecule has 1 atom stereocenters. The van der Waals surface area contributed by atoms with Gasteiger partial charge in [-0.25, -0.2) is 0 Å². The first-order valence-electron chi connectivity index (χ1n) is 9.40. The van der Waals surface area contributed by atoms with E-state index in [-0.39, 0.29) is 0 Å². The van der Waals surface area contributed by atoms with Crippen molar-refractivity contribution in [3.05, 3.63) is 58.4 Å². The van der Waals surface area contributed by atoms with Gasteiger partial charge in [0.05, 0.1) is 12.6 Å². The molecule has 0 spiro atoms. The van der Waals surface area contributed by atoms with Crippen LogP contribution in [0.1, 0.15) is 57.8 Å². The summed E-state index contributed by atoms with van der Waals surface area (Å²) in [7, 11) is 1.64. The van der Waals surface area contributed by atoms with E-state index in [1.165, 1.54) is 47.1 Å². The fourth-order valence-electron chi connectivity index (χ4n) is 3.06. The topological polar surface area (TPSA) is 37.0 Å². The zero-order valence-corrected chi connectivity index (χ0v) is 18.4. The number of rotatable bonds is 4. The number of aryl methyl sites for hydroxylation is 1. The molecule has 4 heteroatoms. The molecule has 26 heavy (non-hydrogen) atoms. The Labute approximate surface area is 167 Å². The van der Waals surface area contributed by atoms with Gasteiger partial charge in [0.25, 0.3) is 0 Å². The average Bonchev–Trinajstić information content (AvgIpc) is 3.03. The van der Waals surface area contributed by atoms with Crippen LogP contribution in [0.25, 0.3) is 10.9 Å².